The minimum absolute atomic E-state index is 0.190. The molecule has 0 radical (unpaired) electrons. The van der Waals surface area contributed by atoms with E-state index >= 15 is 0 Å². The van der Waals surface area contributed by atoms with Gasteiger partial charge in [0.05, 0.1) is 12.4 Å². The fourth-order valence-electron chi connectivity index (χ4n) is 1.58. The van der Waals surface area contributed by atoms with Gasteiger partial charge in [-0.2, -0.15) is 0 Å². The second-order valence-electron chi connectivity index (χ2n) is 3.26. The van der Waals surface area contributed by atoms with E-state index in [0.717, 1.165) is 12.2 Å². The molecule has 1 aromatic heterocycles. The predicted molar refractivity (Wildman–Crippen MR) is 41.2 cm³/mol. The highest BCUT2D eigenvalue weighted by Gasteiger charge is 2.43. The van der Waals surface area contributed by atoms with Crippen molar-refractivity contribution in [3.8, 4) is 0 Å². The first-order chi connectivity index (χ1) is 5.29. The molecule has 0 bridgehead atoms. The molecule has 3 atom stereocenters. The smallest absolute Gasteiger partial charge is 0.107 e. The minimum Gasteiger partial charge on any atom is -0.469 e. The number of aliphatic hydroxyl groups excluding tert-OH is 1. The van der Waals surface area contributed by atoms with Crippen molar-refractivity contribution < 1.29 is 9.52 Å². The van der Waals surface area contributed by atoms with Crippen LogP contribution in [0.15, 0.2) is 22.8 Å². The summed E-state index contributed by atoms with van der Waals surface area (Å²) in [4.78, 5) is 0. The summed E-state index contributed by atoms with van der Waals surface area (Å²) in [5, 5.41) is 9.22. The zero-order valence-electron chi connectivity index (χ0n) is 6.53. The van der Waals surface area contributed by atoms with Crippen LogP contribution in [0.5, 0.6) is 0 Å². The van der Waals surface area contributed by atoms with Gasteiger partial charge in [-0.05, 0) is 31.4 Å². The Hall–Kier alpha value is -0.760. The fourth-order valence-corrected chi connectivity index (χ4v) is 1.58. The molecule has 2 nitrogen and oxygen atoms in total. The van der Waals surface area contributed by atoms with Gasteiger partial charge in [0.2, 0.25) is 0 Å². The molecule has 0 aromatic carbocycles. The van der Waals surface area contributed by atoms with Gasteiger partial charge in [0.1, 0.15) is 5.76 Å². The number of rotatable bonds is 2. The molecule has 1 heterocycles. The number of furan rings is 1. The fraction of sp³-hybridized carbons (Fsp3) is 0.556. The maximum absolute atomic E-state index is 9.22. The van der Waals surface area contributed by atoms with Gasteiger partial charge in [0, 0.05) is 5.92 Å². The maximum atomic E-state index is 9.22. The van der Waals surface area contributed by atoms with Crippen LogP contribution in [-0.2, 0) is 0 Å². The Morgan fingerprint density at radius 1 is 1.73 bits per heavy atom. The first-order valence-electron chi connectivity index (χ1n) is 4.00. The zero-order valence-corrected chi connectivity index (χ0v) is 6.53. The first-order valence-corrected chi connectivity index (χ1v) is 4.00. The van der Waals surface area contributed by atoms with E-state index in [1.54, 1.807) is 6.26 Å². The predicted octanol–water partition coefficient (Wildman–Crippen LogP) is 1.76. The van der Waals surface area contributed by atoms with Crippen LogP contribution in [0.25, 0.3) is 0 Å². The van der Waals surface area contributed by atoms with Crippen LogP contribution in [0.2, 0.25) is 0 Å². The molecule has 2 rings (SSSR count). The van der Waals surface area contributed by atoms with Crippen molar-refractivity contribution in [2.75, 3.05) is 0 Å². The van der Waals surface area contributed by atoms with Crippen molar-refractivity contribution in [2.45, 2.75) is 25.4 Å². The Bertz CT molecular complexity index is 226. The summed E-state index contributed by atoms with van der Waals surface area (Å²) in [5.74, 6) is 1.93. The van der Waals surface area contributed by atoms with Gasteiger partial charge in [-0.25, -0.2) is 0 Å². The van der Waals surface area contributed by atoms with E-state index in [1.807, 2.05) is 19.1 Å². The molecule has 60 valence electrons. The number of hydrogen-bond donors (Lipinski definition) is 1. The molecular formula is C9H12O2. The Morgan fingerprint density at radius 2 is 2.55 bits per heavy atom. The first kappa shape index (κ1) is 6.92. The van der Waals surface area contributed by atoms with Crippen LogP contribution < -0.4 is 0 Å². The van der Waals surface area contributed by atoms with E-state index in [9.17, 15) is 5.11 Å². The molecule has 1 N–H and O–H groups in total. The summed E-state index contributed by atoms with van der Waals surface area (Å²) >= 11 is 0. The zero-order chi connectivity index (χ0) is 7.84. The highest BCUT2D eigenvalue weighted by molar-refractivity contribution is 5.15. The molecule has 1 aliphatic rings. The van der Waals surface area contributed by atoms with Gasteiger partial charge in [-0.15, -0.1) is 0 Å². The number of aliphatic hydroxyl groups is 1. The minimum atomic E-state index is -0.190. The van der Waals surface area contributed by atoms with Crippen molar-refractivity contribution >= 4 is 0 Å². The van der Waals surface area contributed by atoms with Gasteiger partial charge in [-0.3, -0.25) is 0 Å². The quantitative estimate of drug-likeness (QED) is 0.700. The highest BCUT2D eigenvalue weighted by Crippen LogP contribution is 2.49. The maximum Gasteiger partial charge on any atom is 0.107 e. The van der Waals surface area contributed by atoms with E-state index in [-0.39, 0.29) is 6.10 Å². The summed E-state index contributed by atoms with van der Waals surface area (Å²) in [7, 11) is 0. The summed E-state index contributed by atoms with van der Waals surface area (Å²) in [5.41, 5.74) is 0. The Labute approximate surface area is 65.8 Å². The molecule has 3 unspecified atom stereocenters. The van der Waals surface area contributed by atoms with E-state index in [1.165, 1.54) is 0 Å². The van der Waals surface area contributed by atoms with Crippen molar-refractivity contribution in [1.82, 2.24) is 0 Å². The van der Waals surface area contributed by atoms with Crippen molar-refractivity contribution in [1.29, 1.82) is 0 Å². The van der Waals surface area contributed by atoms with E-state index in [0.29, 0.717) is 11.8 Å². The Kier molecular flexibility index (Phi) is 1.50. The summed E-state index contributed by atoms with van der Waals surface area (Å²) < 4.78 is 5.23. The molecule has 1 saturated carbocycles. The Balaban J connectivity index is 2.02. The van der Waals surface area contributed by atoms with Crippen LogP contribution in [0.1, 0.15) is 25.0 Å². The van der Waals surface area contributed by atoms with Crippen molar-refractivity contribution in [3.63, 3.8) is 0 Å². The monoisotopic (exact) mass is 152 g/mol. The van der Waals surface area contributed by atoms with Crippen molar-refractivity contribution in [3.05, 3.63) is 24.2 Å². The van der Waals surface area contributed by atoms with Crippen LogP contribution in [0.4, 0.5) is 0 Å². The highest BCUT2D eigenvalue weighted by atomic mass is 16.3. The summed E-state index contributed by atoms with van der Waals surface area (Å²) in [6.45, 7) is 1.84. The van der Waals surface area contributed by atoms with Gasteiger partial charge in [-0.1, -0.05) is 0 Å². The molecule has 11 heavy (non-hydrogen) atoms. The van der Waals surface area contributed by atoms with Crippen LogP contribution in [0.3, 0.4) is 0 Å². The summed E-state index contributed by atoms with van der Waals surface area (Å²) in [6.07, 6.45) is 2.57. The molecule has 0 spiro atoms. The molecule has 2 heteroatoms. The Morgan fingerprint density at radius 3 is 3.00 bits per heavy atom. The summed E-state index contributed by atoms with van der Waals surface area (Å²) in [6, 6.07) is 3.87. The van der Waals surface area contributed by atoms with Gasteiger partial charge >= 0.3 is 0 Å². The van der Waals surface area contributed by atoms with Gasteiger partial charge < -0.3 is 9.52 Å². The van der Waals surface area contributed by atoms with E-state index in [2.05, 4.69) is 0 Å². The third-order valence-corrected chi connectivity index (χ3v) is 2.37. The second-order valence-corrected chi connectivity index (χ2v) is 3.26. The molecule has 1 fully saturated rings. The van der Waals surface area contributed by atoms with Gasteiger partial charge in [0.25, 0.3) is 0 Å². The largest absolute Gasteiger partial charge is 0.469 e. The average Bonchev–Trinajstić information content (AvgIpc) is 2.60. The lowest BCUT2D eigenvalue weighted by Crippen LogP contribution is -2.02. The molecule has 0 amide bonds. The third-order valence-electron chi connectivity index (χ3n) is 2.37. The lowest BCUT2D eigenvalue weighted by atomic mass is 10.2. The van der Waals surface area contributed by atoms with Crippen LogP contribution in [0, 0.1) is 5.92 Å². The normalized spacial score (nSPS) is 31.8. The van der Waals surface area contributed by atoms with E-state index in [4.69, 9.17) is 4.42 Å². The van der Waals surface area contributed by atoms with Crippen LogP contribution in [-0.4, -0.2) is 11.2 Å². The topological polar surface area (TPSA) is 33.4 Å². The second kappa shape index (κ2) is 2.38. The van der Waals surface area contributed by atoms with Gasteiger partial charge in [0.15, 0.2) is 0 Å². The van der Waals surface area contributed by atoms with E-state index < -0.39 is 0 Å². The lowest BCUT2D eigenvalue weighted by molar-refractivity contribution is 0.167. The number of hydrogen-bond acceptors (Lipinski definition) is 2. The third kappa shape index (κ3) is 1.18. The van der Waals surface area contributed by atoms with Crippen molar-refractivity contribution in [2.24, 2.45) is 5.92 Å². The molecule has 1 aromatic rings. The molecule has 0 saturated heterocycles. The SMILES string of the molecule is CC(O)C1CC1c1ccco1. The molecule has 1 aliphatic carbocycles. The standard InChI is InChI=1S/C9H12O2/c1-6(10)7-5-8(7)9-3-2-4-11-9/h2-4,6-8,10H,5H2,1H3. The van der Waals surface area contributed by atoms with Crippen LogP contribution >= 0.6 is 0 Å². The average molecular weight is 152 g/mol. The molecule has 0 aliphatic heterocycles. The molecular weight excluding hydrogens is 140 g/mol. The lowest BCUT2D eigenvalue weighted by Gasteiger charge is -1.99.